The molecule has 0 spiro atoms. The van der Waals surface area contributed by atoms with Gasteiger partial charge in [0.2, 0.25) is 5.91 Å². The molecule has 114 valence electrons. The van der Waals surface area contributed by atoms with Crippen LogP contribution in [0, 0.1) is 11.8 Å². The van der Waals surface area contributed by atoms with Gasteiger partial charge in [0.05, 0.1) is 12.5 Å². The second-order valence-corrected chi connectivity index (χ2v) is 5.37. The third-order valence-corrected chi connectivity index (χ3v) is 2.89. The van der Waals surface area contributed by atoms with E-state index in [9.17, 15) is 4.79 Å². The molecule has 1 aromatic rings. The summed E-state index contributed by atoms with van der Waals surface area (Å²) in [5.41, 5.74) is 6.45. The number of rotatable bonds is 6. The summed E-state index contributed by atoms with van der Waals surface area (Å²) in [7, 11) is 0. The minimum absolute atomic E-state index is 0. The predicted molar refractivity (Wildman–Crippen MR) is 85.5 cm³/mol. The smallest absolute Gasteiger partial charge is 0.228 e. The monoisotopic (exact) mass is 300 g/mol. The van der Waals surface area contributed by atoms with Crippen molar-refractivity contribution in [3.8, 4) is 5.75 Å². The molecule has 0 heterocycles. The van der Waals surface area contributed by atoms with Crippen LogP contribution >= 0.6 is 12.4 Å². The van der Waals surface area contributed by atoms with Crippen molar-refractivity contribution >= 4 is 24.0 Å². The minimum Gasteiger partial charge on any atom is -0.493 e. The van der Waals surface area contributed by atoms with E-state index in [0.29, 0.717) is 12.5 Å². The summed E-state index contributed by atoms with van der Waals surface area (Å²) in [6.07, 6.45) is 0. The van der Waals surface area contributed by atoms with Gasteiger partial charge in [0.25, 0.3) is 0 Å². The molecule has 2 atom stereocenters. The van der Waals surface area contributed by atoms with Gasteiger partial charge >= 0.3 is 0 Å². The fourth-order valence-electron chi connectivity index (χ4n) is 1.42. The lowest BCUT2D eigenvalue weighted by Gasteiger charge is -2.16. The van der Waals surface area contributed by atoms with Crippen molar-refractivity contribution in [2.24, 2.45) is 17.6 Å². The summed E-state index contributed by atoms with van der Waals surface area (Å²) in [5.74, 6) is 0.938. The molecule has 0 saturated heterocycles. The largest absolute Gasteiger partial charge is 0.493 e. The number of halogens is 1. The number of carbonyl (C=O) groups is 1. The molecule has 0 aliphatic heterocycles. The van der Waals surface area contributed by atoms with Crippen LogP contribution in [0.5, 0.6) is 5.75 Å². The third kappa shape index (κ3) is 6.26. The molecule has 3 N–H and O–H groups in total. The summed E-state index contributed by atoms with van der Waals surface area (Å²) < 4.78 is 5.62. The molecule has 0 aromatic heterocycles. The lowest BCUT2D eigenvalue weighted by Crippen LogP contribution is -2.34. The van der Waals surface area contributed by atoms with E-state index in [2.05, 4.69) is 19.2 Å². The van der Waals surface area contributed by atoms with E-state index >= 15 is 0 Å². The van der Waals surface area contributed by atoms with Gasteiger partial charge in [-0.2, -0.15) is 0 Å². The molecule has 20 heavy (non-hydrogen) atoms. The molecule has 1 amide bonds. The highest BCUT2D eigenvalue weighted by Gasteiger charge is 2.17. The van der Waals surface area contributed by atoms with Crippen LogP contribution in [0.1, 0.15) is 27.7 Å². The second kappa shape index (κ2) is 8.82. The Morgan fingerprint density at radius 2 is 1.95 bits per heavy atom. The highest BCUT2D eigenvalue weighted by Crippen LogP contribution is 2.19. The maximum atomic E-state index is 11.9. The number of anilines is 1. The zero-order chi connectivity index (χ0) is 14.4. The third-order valence-electron chi connectivity index (χ3n) is 2.89. The number of nitrogens with two attached hydrogens (primary N) is 1. The topological polar surface area (TPSA) is 64.3 Å². The van der Waals surface area contributed by atoms with Crippen LogP contribution in [-0.2, 0) is 4.79 Å². The van der Waals surface area contributed by atoms with Crippen LogP contribution in [0.2, 0.25) is 0 Å². The Kier molecular flexibility index (Phi) is 8.26. The minimum atomic E-state index is -0.222. The summed E-state index contributed by atoms with van der Waals surface area (Å²) >= 11 is 0. The molecule has 0 aliphatic rings. The number of ether oxygens (including phenoxy) is 1. The van der Waals surface area contributed by atoms with Gasteiger partial charge in [0, 0.05) is 17.8 Å². The quantitative estimate of drug-likeness (QED) is 0.848. The zero-order valence-corrected chi connectivity index (χ0v) is 13.4. The highest BCUT2D eigenvalue weighted by atomic mass is 35.5. The standard InChI is InChI=1S/C15H24N2O2.ClH/c1-10(2)9-19-14-7-5-6-13(8-14)17-15(18)11(3)12(4)16;/h5-8,10-12H,9,16H2,1-4H3,(H,17,18);1H. The van der Waals surface area contributed by atoms with Gasteiger partial charge in [-0.25, -0.2) is 0 Å². The molecular formula is C15H25ClN2O2. The van der Waals surface area contributed by atoms with Gasteiger partial charge in [0.1, 0.15) is 5.75 Å². The van der Waals surface area contributed by atoms with E-state index in [0.717, 1.165) is 11.4 Å². The Hall–Kier alpha value is -1.26. The predicted octanol–water partition coefficient (Wildman–Crippen LogP) is 3.07. The van der Waals surface area contributed by atoms with Gasteiger partial charge in [0.15, 0.2) is 0 Å². The van der Waals surface area contributed by atoms with Crippen LogP contribution < -0.4 is 15.8 Å². The van der Waals surface area contributed by atoms with E-state index in [1.165, 1.54) is 0 Å². The maximum Gasteiger partial charge on any atom is 0.228 e. The molecule has 0 bridgehead atoms. The average molecular weight is 301 g/mol. The normalized spacial score (nSPS) is 13.3. The van der Waals surface area contributed by atoms with Crippen molar-refractivity contribution in [3.63, 3.8) is 0 Å². The fourth-order valence-corrected chi connectivity index (χ4v) is 1.42. The Balaban J connectivity index is 0.00000361. The fraction of sp³-hybridized carbons (Fsp3) is 0.533. The molecular weight excluding hydrogens is 276 g/mol. The zero-order valence-electron chi connectivity index (χ0n) is 12.6. The first-order chi connectivity index (χ1) is 8.90. The van der Waals surface area contributed by atoms with Crippen LogP contribution in [0.15, 0.2) is 24.3 Å². The number of hydrogen-bond acceptors (Lipinski definition) is 3. The molecule has 1 rings (SSSR count). The number of benzene rings is 1. The molecule has 0 fully saturated rings. The lowest BCUT2D eigenvalue weighted by atomic mass is 10.0. The van der Waals surface area contributed by atoms with E-state index in [1.54, 1.807) is 0 Å². The molecule has 0 saturated carbocycles. The van der Waals surface area contributed by atoms with Crippen molar-refractivity contribution in [1.82, 2.24) is 0 Å². The lowest BCUT2D eigenvalue weighted by molar-refractivity contribution is -0.119. The van der Waals surface area contributed by atoms with Crippen LogP contribution in [0.4, 0.5) is 5.69 Å². The van der Waals surface area contributed by atoms with Gasteiger partial charge < -0.3 is 15.8 Å². The maximum absolute atomic E-state index is 11.9. The van der Waals surface area contributed by atoms with Crippen molar-refractivity contribution in [2.45, 2.75) is 33.7 Å². The summed E-state index contributed by atoms with van der Waals surface area (Å²) in [6, 6.07) is 7.25. The molecule has 0 aliphatic carbocycles. The second-order valence-electron chi connectivity index (χ2n) is 5.37. The summed E-state index contributed by atoms with van der Waals surface area (Å²) in [5, 5.41) is 2.85. The van der Waals surface area contributed by atoms with Crippen LogP contribution in [0.25, 0.3) is 0 Å². The molecule has 1 aromatic carbocycles. The molecule has 4 nitrogen and oxygen atoms in total. The number of hydrogen-bond donors (Lipinski definition) is 2. The van der Waals surface area contributed by atoms with Gasteiger partial charge in [-0.3, -0.25) is 4.79 Å². The van der Waals surface area contributed by atoms with Crippen LogP contribution in [0.3, 0.4) is 0 Å². The summed E-state index contributed by atoms with van der Waals surface area (Å²) in [6.45, 7) is 8.49. The number of carbonyl (C=O) groups excluding carboxylic acids is 1. The Labute approximate surface area is 127 Å². The first kappa shape index (κ1) is 18.7. The molecule has 5 heteroatoms. The first-order valence-corrected chi connectivity index (χ1v) is 6.69. The van der Waals surface area contributed by atoms with Crippen molar-refractivity contribution < 1.29 is 9.53 Å². The van der Waals surface area contributed by atoms with Crippen LogP contribution in [-0.4, -0.2) is 18.6 Å². The molecule has 0 radical (unpaired) electrons. The van der Waals surface area contributed by atoms with Gasteiger partial charge in [-0.1, -0.05) is 26.8 Å². The highest BCUT2D eigenvalue weighted by molar-refractivity contribution is 5.92. The van der Waals surface area contributed by atoms with E-state index in [4.69, 9.17) is 10.5 Å². The van der Waals surface area contributed by atoms with Gasteiger partial charge in [-0.05, 0) is 25.0 Å². The van der Waals surface area contributed by atoms with Crippen molar-refractivity contribution in [2.75, 3.05) is 11.9 Å². The Bertz CT molecular complexity index is 422. The van der Waals surface area contributed by atoms with E-state index < -0.39 is 0 Å². The van der Waals surface area contributed by atoms with Crippen molar-refractivity contribution in [1.29, 1.82) is 0 Å². The average Bonchev–Trinajstić information content (AvgIpc) is 2.35. The van der Waals surface area contributed by atoms with Gasteiger partial charge in [-0.15, -0.1) is 12.4 Å². The first-order valence-electron chi connectivity index (χ1n) is 6.69. The number of amides is 1. The van der Waals surface area contributed by atoms with E-state index in [-0.39, 0.29) is 30.3 Å². The van der Waals surface area contributed by atoms with E-state index in [1.807, 2.05) is 38.1 Å². The number of nitrogens with one attached hydrogen (secondary N) is 1. The SMILES string of the molecule is CC(C)COc1cccc(NC(=O)C(C)C(C)N)c1.Cl. The molecule has 2 unspecified atom stereocenters. The van der Waals surface area contributed by atoms with Crippen molar-refractivity contribution in [3.05, 3.63) is 24.3 Å². The Morgan fingerprint density at radius 1 is 1.30 bits per heavy atom. The Morgan fingerprint density at radius 3 is 2.50 bits per heavy atom. The summed E-state index contributed by atoms with van der Waals surface area (Å²) in [4.78, 5) is 11.9.